The van der Waals surface area contributed by atoms with Crippen LogP contribution in [0.5, 0.6) is 5.75 Å². The Bertz CT molecular complexity index is 996. The van der Waals surface area contributed by atoms with E-state index in [1.807, 2.05) is 49.5 Å². The molecule has 1 saturated carbocycles. The van der Waals surface area contributed by atoms with Gasteiger partial charge in [-0.15, -0.1) is 0 Å². The van der Waals surface area contributed by atoms with Crippen LogP contribution < -0.4 is 9.64 Å². The van der Waals surface area contributed by atoms with Crippen molar-refractivity contribution in [1.29, 1.82) is 0 Å². The van der Waals surface area contributed by atoms with E-state index < -0.39 is 0 Å². The topological polar surface area (TPSA) is 54.3 Å². The van der Waals surface area contributed by atoms with Gasteiger partial charge >= 0.3 is 0 Å². The fourth-order valence-corrected chi connectivity index (χ4v) is 5.21. The van der Waals surface area contributed by atoms with Gasteiger partial charge in [-0.25, -0.2) is 4.99 Å². The van der Waals surface area contributed by atoms with Crippen LogP contribution in [0.2, 0.25) is 0 Å². The maximum Gasteiger partial charge on any atom is 0.237 e. The predicted octanol–water partition coefficient (Wildman–Crippen LogP) is 6.12. The Labute approximate surface area is 201 Å². The summed E-state index contributed by atoms with van der Waals surface area (Å²) in [7, 11) is 1.82. The van der Waals surface area contributed by atoms with E-state index in [1.165, 1.54) is 18.2 Å². The van der Waals surface area contributed by atoms with Crippen LogP contribution in [-0.4, -0.2) is 41.7 Å². The number of hydrogen-bond donors (Lipinski definition) is 0. The van der Waals surface area contributed by atoms with Gasteiger partial charge in [0.2, 0.25) is 5.91 Å². The predicted molar refractivity (Wildman–Crippen MR) is 139 cm³/mol. The molecule has 0 unspecified atom stereocenters. The molecule has 1 aliphatic carbocycles. The molecule has 0 bridgehead atoms. The summed E-state index contributed by atoms with van der Waals surface area (Å²) in [5.74, 6) is 1.26. The van der Waals surface area contributed by atoms with Gasteiger partial charge in [0.25, 0.3) is 0 Å². The van der Waals surface area contributed by atoms with Gasteiger partial charge in [-0.3, -0.25) is 9.79 Å². The third kappa shape index (κ3) is 5.85. The number of thioether (sulfide) groups is 1. The lowest BCUT2D eigenvalue weighted by atomic mass is 9.90. The van der Waals surface area contributed by atoms with Gasteiger partial charge in [-0.05, 0) is 68.5 Å². The van der Waals surface area contributed by atoms with Gasteiger partial charge in [0.05, 0.1) is 18.1 Å². The van der Waals surface area contributed by atoms with E-state index in [4.69, 9.17) is 14.7 Å². The van der Waals surface area contributed by atoms with E-state index >= 15 is 0 Å². The third-order valence-electron chi connectivity index (χ3n) is 6.23. The number of benzene rings is 2. The van der Waals surface area contributed by atoms with E-state index in [9.17, 15) is 4.79 Å². The highest BCUT2D eigenvalue weighted by Gasteiger charge is 2.38. The second-order valence-corrected chi connectivity index (χ2v) is 9.69. The number of hydrogen-bond acceptors (Lipinski definition) is 5. The second kappa shape index (κ2) is 11.0. The quantitative estimate of drug-likeness (QED) is 0.443. The monoisotopic (exact) mass is 463 g/mol. The van der Waals surface area contributed by atoms with E-state index in [0.29, 0.717) is 5.75 Å². The fourth-order valence-electron chi connectivity index (χ4n) is 4.22. The van der Waals surface area contributed by atoms with Crippen molar-refractivity contribution in [3.8, 4) is 5.75 Å². The molecule has 0 N–H and O–H groups in total. The van der Waals surface area contributed by atoms with Crippen LogP contribution in [0.15, 0.2) is 64.6 Å². The molecule has 0 radical (unpaired) electrons. The molecule has 1 spiro atoms. The number of para-hydroxylation sites is 1. The summed E-state index contributed by atoms with van der Waals surface area (Å²) in [6.07, 6.45) is 7.68. The first-order chi connectivity index (χ1) is 16.1. The number of carbonyl (C=O) groups excluding carboxylic acids is 1. The minimum absolute atomic E-state index is 0.0533. The molecule has 0 aromatic heterocycles. The van der Waals surface area contributed by atoms with Crippen molar-refractivity contribution in [1.82, 2.24) is 0 Å². The van der Waals surface area contributed by atoms with Crippen molar-refractivity contribution in [3.63, 3.8) is 0 Å². The molecule has 0 atom stereocenters. The zero-order chi connectivity index (χ0) is 23.1. The Hall–Kier alpha value is -2.60. The number of ether oxygens (including phenoxy) is 1. The lowest BCUT2D eigenvalue weighted by Crippen LogP contribution is -2.28. The Morgan fingerprint density at radius 1 is 1.03 bits per heavy atom. The minimum Gasteiger partial charge on any atom is -0.494 e. The molecule has 1 fully saturated rings. The van der Waals surface area contributed by atoms with Crippen molar-refractivity contribution in [2.24, 2.45) is 9.98 Å². The Morgan fingerprint density at radius 3 is 2.45 bits per heavy atom. The molecular formula is C27H33N3O2S. The number of amides is 1. The molecule has 174 valence electrons. The summed E-state index contributed by atoms with van der Waals surface area (Å²) in [5, 5.41) is 0.881. The Balaban J connectivity index is 1.49. The summed E-state index contributed by atoms with van der Waals surface area (Å²) in [6.45, 7) is 2.90. The summed E-state index contributed by atoms with van der Waals surface area (Å²) in [4.78, 5) is 24.8. The van der Waals surface area contributed by atoms with Gasteiger partial charge < -0.3 is 9.64 Å². The van der Waals surface area contributed by atoms with Crippen molar-refractivity contribution < 1.29 is 9.53 Å². The molecule has 1 aliphatic heterocycles. The maximum absolute atomic E-state index is 12.9. The molecule has 6 heteroatoms. The minimum atomic E-state index is -0.347. The first-order valence-corrected chi connectivity index (χ1v) is 13.0. The molecule has 4 rings (SSSR count). The van der Waals surface area contributed by atoms with Gasteiger partial charge in [0.15, 0.2) is 5.66 Å². The maximum atomic E-state index is 12.9. The highest BCUT2D eigenvalue weighted by atomic mass is 32.2. The van der Waals surface area contributed by atoms with E-state index in [1.54, 1.807) is 4.90 Å². The Morgan fingerprint density at radius 2 is 1.76 bits per heavy atom. The average Bonchev–Trinajstić information content (AvgIpc) is 3.21. The second-order valence-electron chi connectivity index (χ2n) is 8.72. The number of aliphatic imine (C=N–C) groups is 2. The highest BCUT2D eigenvalue weighted by molar-refractivity contribution is 8.16. The summed E-state index contributed by atoms with van der Waals surface area (Å²) in [5.41, 5.74) is 2.50. The lowest BCUT2D eigenvalue weighted by molar-refractivity contribution is -0.115. The molecule has 5 nitrogen and oxygen atoms in total. The SMILES string of the molecule is CCCCOc1ccc(C2=NC3(CCCCC3)N=C2SCC(=O)N(C)c2ccccc2)cc1. The van der Waals surface area contributed by atoms with Crippen LogP contribution in [0.3, 0.4) is 0 Å². The number of rotatable bonds is 8. The van der Waals surface area contributed by atoms with Gasteiger partial charge in [0, 0.05) is 18.3 Å². The standard InChI is InChI=1S/C27H33N3O2S/c1-3-4-19-32-23-15-13-21(14-16-23)25-26(29-27(28-25)17-9-6-10-18-27)33-20-24(31)30(2)22-11-7-5-8-12-22/h5,7-8,11-16H,3-4,6,9-10,17-20H2,1-2H3. The van der Waals surface area contributed by atoms with E-state index in [2.05, 4.69) is 19.1 Å². The van der Waals surface area contributed by atoms with E-state index in [0.717, 1.165) is 72.9 Å². The summed E-state index contributed by atoms with van der Waals surface area (Å²) in [6, 6.07) is 17.9. The smallest absolute Gasteiger partial charge is 0.237 e. The van der Waals surface area contributed by atoms with Crippen LogP contribution in [0.4, 0.5) is 5.69 Å². The zero-order valence-corrected chi connectivity index (χ0v) is 20.4. The number of anilines is 1. The van der Waals surface area contributed by atoms with E-state index in [-0.39, 0.29) is 11.6 Å². The molecular weight excluding hydrogens is 430 g/mol. The van der Waals surface area contributed by atoms with Crippen molar-refractivity contribution in [2.75, 3.05) is 24.3 Å². The summed E-state index contributed by atoms with van der Waals surface area (Å²) < 4.78 is 5.82. The van der Waals surface area contributed by atoms with Crippen LogP contribution in [0.25, 0.3) is 0 Å². The Kier molecular flexibility index (Phi) is 7.86. The van der Waals surface area contributed by atoms with Crippen LogP contribution >= 0.6 is 11.8 Å². The van der Waals surface area contributed by atoms with Crippen LogP contribution in [0, 0.1) is 0 Å². The lowest BCUT2D eigenvalue weighted by Gasteiger charge is -2.27. The molecule has 0 saturated heterocycles. The normalized spacial score (nSPS) is 16.9. The van der Waals surface area contributed by atoms with Gasteiger partial charge in [-0.2, -0.15) is 0 Å². The summed E-state index contributed by atoms with van der Waals surface area (Å²) >= 11 is 1.50. The van der Waals surface area contributed by atoms with Crippen LogP contribution in [0.1, 0.15) is 57.4 Å². The van der Waals surface area contributed by atoms with Crippen molar-refractivity contribution in [3.05, 3.63) is 60.2 Å². The molecule has 2 aromatic rings. The molecule has 2 aromatic carbocycles. The first kappa shape index (κ1) is 23.6. The molecule has 1 heterocycles. The largest absolute Gasteiger partial charge is 0.494 e. The average molecular weight is 464 g/mol. The first-order valence-electron chi connectivity index (χ1n) is 12.0. The molecule has 1 amide bonds. The van der Waals surface area contributed by atoms with Crippen LogP contribution in [-0.2, 0) is 4.79 Å². The highest BCUT2D eigenvalue weighted by Crippen LogP contribution is 2.39. The van der Waals surface area contributed by atoms with Crippen molar-refractivity contribution in [2.45, 2.75) is 57.5 Å². The van der Waals surface area contributed by atoms with Gasteiger partial charge in [-0.1, -0.05) is 49.7 Å². The zero-order valence-electron chi connectivity index (χ0n) is 19.6. The third-order valence-corrected chi connectivity index (χ3v) is 7.18. The number of unbranched alkanes of at least 4 members (excludes halogenated alkanes) is 1. The fraction of sp³-hybridized carbons (Fsp3) is 0.444. The van der Waals surface area contributed by atoms with Gasteiger partial charge in [0.1, 0.15) is 10.8 Å². The number of nitrogens with zero attached hydrogens (tertiary/aromatic N) is 3. The molecule has 2 aliphatic rings. The molecule has 33 heavy (non-hydrogen) atoms. The number of carbonyl (C=O) groups is 1. The van der Waals surface area contributed by atoms with Crippen molar-refractivity contribution >= 4 is 34.1 Å².